The van der Waals surface area contributed by atoms with Gasteiger partial charge in [0.25, 0.3) is 0 Å². The van der Waals surface area contributed by atoms with Crippen LogP contribution in [0.4, 0.5) is 0 Å². The topological polar surface area (TPSA) is 50.2 Å². The molecule has 0 unspecified atom stereocenters. The second kappa shape index (κ2) is 3.69. The van der Waals surface area contributed by atoms with Gasteiger partial charge in [0.15, 0.2) is 5.69 Å². The zero-order valence-corrected chi connectivity index (χ0v) is 7.15. The summed E-state index contributed by atoms with van der Waals surface area (Å²) in [6.07, 6.45) is 0.577. The van der Waals surface area contributed by atoms with Crippen molar-refractivity contribution in [1.29, 1.82) is 0 Å². The highest BCUT2D eigenvalue weighted by atomic mass is 35.5. The number of halogens is 1. The van der Waals surface area contributed by atoms with Crippen LogP contribution < -0.4 is 0 Å². The Morgan fingerprint density at radius 3 is 3.09 bits per heavy atom. The molecule has 1 heterocycles. The maximum Gasteiger partial charge on any atom is 0.355 e. The number of aryl methyl sites for hydroxylation is 1. The van der Waals surface area contributed by atoms with Crippen LogP contribution in [0.1, 0.15) is 15.4 Å². The summed E-state index contributed by atoms with van der Waals surface area (Å²) < 4.78 is 0. The lowest BCUT2D eigenvalue weighted by atomic mass is 10.3. The molecule has 0 radical (unpaired) electrons. The molecule has 5 heteroatoms. The molecule has 0 bridgehead atoms. The van der Waals surface area contributed by atoms with Gasteiger partial charge >= 0.3 is 5.97 Å². The molecule has 0 aromatic carbocycles. The van der Waals surface area contributed by atoms with Crippen molar-refractivity contribution in [3.63, 3.8) is 0 Å². The van der Waals surface area contributed by atoms with Crippen LogP contribution in [-0.4, -0.2) is 21.9 Å². The fraction of sp³-hybridized carbons (Fsp3) is 0.333. The number of alkyl halides is 1. The molecule has 0 amide bonds. The third kappa shape index (κ3) is 1.91. The first-order chi connectivity index (χ1) is 5.25. The molecular formula is C6H6ClNO2S. The lowest BCUT2D eigenvalue weighted by Gasteiger charge is -1.91. The Hall–Kier alpha value is -0.610. The van der Waals surface area contributed by atoms with Crippen molar-refractivity contribution < 1.29 is 9.90 Å². The van der Waals surface area contributed by atoms with Crippen molar-refractivity contribution in [2.75, 3.05) is 5.88 Å². The second-order valence-corrected chi connectivity index (χ2v) is 3.19. The molecule has 0 aliphatic carbocycles. The van der Waals surface area contributed by atoms with Crippen molar-refractivity contribution in [2.24, 2.45) is 0 Å². The van der Waals surface area contributed by atoms with Gasteiger partial charge < -0.3 is 5.11 Å². The third-order valence-corrected chi connectivity index (χ3v) is 2.25. The van der Waals surface area contributed by atoms with Crippen LogP contribution in [0.2, 0.25) is 0 Å². The van der Waals surface area contributed by atoms with Crippen molar-refractivity contribution in [3.05, 3.63) is 16.1 Å². The number of rotatable bonds is 3. The van der Waals surface area contributed by atoms with Crippen LogP contribution in [-0.2, 0) is 6.42 Å². The highest BCUT2D eigenvalue weighted by Gasteiger charge is 2.11. The minimum Gasteiger partial charge on any atom is -0.476 e. The summed E-state index contributed by atoms with van der Waals surface area (Å²) in [6.45, 7) is 0. The Labute approximate surface area is 72.6 Å². The van der Waals surface area contributed by atoms with E-state index >= 15 is 0 Å². The Bertz CT molecular complexity index is 261. The number of aromatic nitrogens is 1. The maximum atomic E-state index is 10.5. The molecule has 0 fully saturated rings. The first-order valence-electron chi connectivity index (χ1n) is 2.97. The lowest BCUT2D eigenvalue weighted by molar-refractivity contribution is 0.0690. The summed E-state index contributed by atoms with van der Waals surface area (Å²) in [5.41, 5.74) is 1.65. The summed E-state index contributed by atoms with van der Waals surface area (Å²) >= 11 is 6.78. The summed E-state index contributed by atoms with van der Waals surface area (Å²) in [7, 11) is 0. The van der Waals surface area contributed by atoms with Gasteiger partial charge in [-0.15, -0.1) is 22.9 Å². The predicted molar refractivity (Wildman–Crippen MR) is 43.5 cm³/mol. The van der Waals surface area contributed by atoms with Gasteiger partial charge in [-0.05, 0) is 6.42 Å². The van der Waals surface area contributed by atoms with Crippen molar-refractivity contribution in [3.8, 4) is 0 Å². The molecule has 1 aromatic rings. The van der Waals surface area contributed by atoms with E-state index < -0.39 is 5.97 Å². The first-order valence-corrected chi connectivity index (χ1v) is 4.38. The van der Waals surface area contributed by atoms with E-state index in [1.54, 1.807) is 0 Å². The van der Waals surface area contributed by atoms with E-state index in [9.17, 15) is 4.79 Å². The fourth-order valence-corrected chi connectivity index (χ4v) is 1.77. The third-order valence-electron chi connectivity index (χ3n) is 1.17. The Balaban J connectivity index is 2.87. The number of nitrogens with zero attached hydrogens (tertiary/aromatic N) is 1. The second-order valence-electron chi connectivity index (χ2n) is 1.87. The van der Waals surface area contributed by atoms with E-state index in [1.807, 2.05) is 0 Å². The van der Waals surface area contributed by atoms with Crippen molar-refractivity contribution in [2.45, 2.75) is 6.42 Å². The van der Waals surface area contributed by atoms with Crippen LogP contribution >= 0.6 is 22.9 Å². The number of aromatic carboxylic acids is 1. The molecule has 0 aliphatic rings. The van der Waals surface area contributed by atoms with Gasteiger partial charge in [0.05, 0.1) is 5.51 Å². The largest absolute Gasteiger partial charge is 0.476 e. The van der Waals surface area contributed by atoms with Gasteiger partial charge in [-0.2, -0.15) is 0 Å². The van der Waals surface area contributed by atoms with Crippen molar-refractivity contribution >= 4 is 28.9 Å². The maximum absolute atomic E-state index is 10.5. The van der Waals surface area contributed by atoms with Gasteiger partial charge in [0.1, 0.15) is 0 Å². The van der Waals surface area contributed by atoms with Gasteiger partial charge in [-0.3, -0.25) is 0 Å². The summed E-state index contributed by atoms with van der Waals surface area (Å²) in [6, 6.07) is 0. The highest BCUT2D eigenvalue weighted by molar-refractivity contribution is 7.09. The monoisotopic (exact) mass is 191 g/mol. The molecule has 0 atom stereocenters. The molecule has 0 saturated carbocycles. The quantitative estimate of drug-likeness (QED) is 0.739. The molecule has 0 spiro atoms. The predicted octanol–water partition coefficient (Wildman–Crippen LogP) is 1.62. The molecule has 60 valence electrons. The van der Waals surface area contributed by atoms with Gasteiger partial charge in [-0.25, -0.2) is 9.78 Å². The van der Waals surface area contributed by atoms with Crippen molar-refractivity contribution in [1.82, 2.24) is 4.98 Å². The van der Waals surface area contributed by atoms with E-state index in [0.29, 0.717) is 12.3 Å². The minimum absolute atomic E-state index is 0.135. The summed E-state index contributed by atoms with van der Waals surface area (Å²) in [4.78, 5) is 14.9. The Morgan fingerprint density at radius 2 is 2.55 bits per heavy atom. The molecular weight excluding hydrogens is 186 g/mol. The summed E-state index contributed by atoms with van der Waals surface area (Å²) in [5, 5.41) is 8.58. The van der Waals surface area contributed by atoms with Gasteiger partial charge in [0, 0.05) is 10.8 Å². The number of carboxylic acid groups (broad SMARTS) is 1. The highest BCUT2D eigenvalue weighted by Crippen LogP contribution is 2.14. The molecule has 1 rings (SSSR count). The van der Waals surface area contributed by atoms with Crippen LogP contribution in [0.5, 0.6) is 0 Å². The number of thiazole rings is 1. The molecule has 0 saturated heterocycles. The van der Waals surface area contributed by atoms with Crippen LogP contribution in [0.3, 0.4) is 0 Å². The smallest absolute Gasteiger partial charge is 0.355 e. The first kappa shape index (κ1) is 8.49. The minimum atomic E-state index is -0.980. The molecule has 1 N–H and O–H groups in total. The SMILES string of the molecule is O=C(O)c1ncsc1CCCl. The van der Waals surface area contributed by atoms with E-state index in [2.05, 4.69) is 4.98 Å². The Kier molecular flexibility index (Phi) is 2.84. The standard InChI is InChI=1S/C6H6ClNO2S/c7-2-1-4-5(6(9)10)8-3-11-4/h3H,1-2H2,(H,9,10). The van der Waals surface area contributed by atoms with E-state index in [-0.39, 0.29) is 5.69 Å². The zero-order valence-electron chi connectivity index (χ0n) is 5.58. The number of carbonyl (C=O) groups is 1. The fourth-order valence-electron chi connectivity index (χ4n) is 0.708. The van der Waals surface area contributed by atoms with E-state index in [4.69, 9.17) is 16.7 Å². The van der Waals surface area contributed by atoms with Crippen LogP contribution in [0, 0.1) is 0 Å². The average Bonchev–Trinajstić information content (AvgIpc) is 2.36. The van der Waals surface area contributed by atoms with Crippen LogP contribution in [0.15, 0.2) is 5.51 Å². The zero-order chi connectivity index (χ0) is 8.27. The number of carboxylic acids is 1. The molecule has 1 aromatic heterocycles. The normalized spacial score (nSPS) is 9.91. The average molecular weight is 192 g/mol. The van der Waals surface area contributed by atoms with E-state index in [1.165, 1.54) is 16.8 Å². The summed E-state index contributed by atoms with van der Waals surface area (Å²) in [5.74, 6) is -0.547. The molecule has 3 nitrogen and oxygen atoms in total. The lowest BCUT2D eigenvalue weighted by Crippen LogP contribution is -2.00. The van der Waals surface area contributed by atoms with E-state index in [0.717, 1.165) is 4.88 Å². The van der Waals surface area contributed by atoms with Gasteiger partial charge in [0.2, 0.25) is 0 Å². The Morgan fingerprint density at radius 1 is 1.82 bits per heavy atom. The van der Waals surface area contributed by atoms with Crippen LogP contribution in [0.25, 0.3) is 0 Å². The number of hydrogen-bond acceptors (Lipinski definition) is 3. The molecule has 0 aliphatic heterocycles. The van der Waals surface area contributed by atoms with Gasteiger partial charge in [-0.1, -0.05) is 0 Å². The number of hydrogen-bond donors (Lipinski definition) is 1. The molecule has 11 heavy (non-hydrogen) atoms.